The van der Waals surface area contributed by atoms with Crippen molar-refractivity contribution in [3.05, 3.63) is 58.3 Å². The van der Waals surface area contributed by atoms with Crippen LogP contribution in [0, 0.1) is 0 Å². The summed E-state index contributed by atoms with van der Waals surface area (Å²) in [5.74, 6) is 0.914. The molecule has 0 bridgehead atoms. The van der Waals surface area contributed by atoms with Gasteiger partial charge >= 0.3 is 0 Å². The maximum absolute atomic E-state index is 5.56. The first-order valence-corrected chi connectivity index (χ1v) is 7.51. The van der Waals surface area contributed by atoms with E-state index in [0.29, 0.717) is 6.61 Å². The average Bonchev–Trinajstić information content (AvgIpc) is 2.45. The lowest BCUT2D eigenvalue weighted by Crippen LogP contribution is -2.19. The molecule has 1 aromatic heterocycles. The van der Waals surface area contributed by atoms with E-state index in [1.807, 2.05) is 32.3 Å². The summed E-state index contributed by atoms with van der Waals surface area (Å²) in [5, 5.41) is 3.36. The van der Waals surface area contributed by atoms with Crippen molar-refractivity contribution in [3.63, 3.8) is 0 Å². The van der Waals surface area contributed by atoms with Crippen molar-refractivity contribution < 1.29 is 4.74 Å². The Balaban J connectivity index is 2.17. The molecule has 20 heavy (non-hydrogen) atoms. The molecule has 1 heterocycles. The minimum atomic E-state index is 0.242. The lowest BCUT2D eigenvalue weighted by atomic mass is 10.00. The van der Waals surface area contributed by atoms with Gasteiger partial charge in [-0.2, -0.15) is 0 Å². The second kappa shape index (κ2) is 7.41. The molecule has 2 rings (SSSR count). The van der Waals surface area contributed by atoms with E-state index in [1.54, 1.807) is 6.20 Å². The number of ether oxygens (including phenoxy) is 1. The zero-order chi connectivity index (χ0) is 14.4. The van der Waals surface area contributed by atoms with Gasteiger partial charge in [-0.25, -0.2) is 0 Å². The Hall–Kier alpha value is -1.39. The van der Waals surface area contributed by atoms with Crippen LogP contribution < -0.4 is 10.1 Å². The van der Waals surface area contributed by atoms with E-state index in [-0.39, 0.29) is 6.04 Å². The van der Waals surface area contributed by atoms with E-state index in [4.69, 9.17) is 4.74 Å². The second-order valence-electron chi connectivity index (χ2n) is 4.56. The minimum Gasteiger partial charge on any atom is -0.494 e. The first kappa shape index (κ1) is 15.0. The van der Waals surface area contributed by atoms with Gasteiger partial charge in [-0.1, -0.05) is 12.1 Å². The number of likely N-dealkylation sites (N-methyl/N-ethyl adjacent to an activating group) is 1. The van der Waals surface area contributed by atoms with Crippen molar-refractivity contribution in [2.75, 3.05) is 13.7 Å². The van der Waals surface area contributed by atoms with E-state index < -0.39 is 0 Å². The first-order valence-electron chi connectivity index (χ1n) is 6.72. The first-order chi connectivity index (χ1) is 9.72. The molecule has 0 amide bonds. The quantitative estimate of drug-likeness (QED) is 0.873. The molecule has 0 saturated heterocycles. The molecular formula is C16H19BrN2O. The van der Waals surface area contributed by atoms with Crippen LogP contribution >= 0.6 is 15.9 Å². The zero-order valence-electron chi connectivity index (χ0n) is 11.8. The molecule has 0 fully saturated rings. The van der Waals surface area contributed by atoms with Crippen molar-refractivity contribution >= 4 is 15.9 Å². The van der Waals surface area contributed by atoms with Gasteiger partial charge < -0.3 is 10.1 Å². The van der Waals surface area contributed by atoms with Crippen molar-refractivity contribution in [1.29, 1.82) is 0 Å². The zero-order valence-corrected chi connectivity index (χ0v) is 13.4. The van der Waals surface area contributed by atoms with Gasteiger partial charge in [0, 0.05) is 22.9 Å². The molecule has 0 radical (unpaired) electrons. The van der Waals surface area contributed by atoms with Crippen LogP contribution in [0.5, 0.6) is 5.75 Å². The number of nitrogens with one attached hydrogen (secondary N) is 1. The summed E-state index contributed by atoms with van der Waals surface area (Å²) in [4.78, 5) is 4.21. The van der Waals surface area contributed by atoms with Crippen LogP contribution in [-0.4, -0.2) is 18.6 Å². The van der Waals surface area contributed by atoms with Crippen LogP contribution in [0.1, 0.15) is 24.1 Å². The molecule has 2 aromatic rings. The van der Waals surface area contributed by atoms with Crippen LogP contribution in [0.2, 0.25) is 0 Å². The molecule has 1 aromatic carbocycles. The Bertz CT molecular complexity index is 560. The fraction of sp³-hybridized carbons (Fsp3) is 0.312. The summed E-state index contributed by atoms with van der Waals surface area (Å²) in [6.45, 7) is 2.68. The molecule has 1 atom stereocenters. The normalized spacial score (nSPS) is 12.2. The van der Waals surface area contributed by atoms with Gasteiger partial charge in [0.2, 0.25) is 0 Å². The summed E-state index contributed by atoms with van der Waals surface area (Å²) < 4.78 is 6.57. The van der Waals surface area contributed by atoms with Gasteiger partial charge in [0.25, 0.3) is 0 Å². The number of hydrogen-bond acceptors (Lipinski definition) is 3. The van der Waals surface area contributed by atoms with Crippen LogP contribution in [0.4, 0.5) is 0 Å². The van der Waals surface area contributed by atoms with Crippen molar-refractivity contribution in [2.24, 2.45) is 0 Å². The van der Waals surface area contributed by atoms with E-state index in [9.17, 15) is 0 Å². The largest absolute Gasteiger partial charge is 0.494 e. The highest BCUT2D eigenvalue weighted by Crippen LogP contribution is 2.23. The number of aromatic nitrogens is 1. The van der Waals surface area contributed by atoms with Crippen LogP contribution in [0.15, 0.2) is 47.2 Å². The Morgan fingerprint density at radius 3 is 2.85 bits per heavy atom. The van der Waals surface area contributed by atoms with E-state index in [1.165, 1.54) is 11.1 Å². The van der Waals surface area contributed by atoms with Crippen molar-refractivity contribution in [3.8, 4) is 5.75 Å². The number of halogens is 1. The molecule has 3 nitrogen and oxygen atoms in total. The lowest BCUT2D eigenvalue weighted by Gasteiger charge is -2.17. The smallest absolute Gasteiger partial charge is 0.119 e. The molecule has 1 N–H and O–H groups in total. The molecule has 0 aliphatic heterocycles. The van der Waals surface area contributed by atoms with Crippen LogP contribution in [0.3, 0.4) is 0 Å². The summed E-state index contributed by atoms with van der Waals surface area (Å²) in [6, 6.07) is 10.6. The average molecular weight is 335 g/mol. The molecule has 0 aliphatic rings. The molecule has 0 saturated carbocycles. The third-order valence-corrected chi connectivity index (χ3v) is 3.55. The van der Waals surface area contributed by atoms with Gasteiger partial charge in [-0.15, -0.1) is 0 Å². The van der Waals surface area contributed by atoms with Crippen LogP contribution in [-0.2, 0) is 6.42 Å². The predicted octanol–water partition coefficient (Wildman–Crippen LogP) is 3.75. The Kier molecular flexibility index (Phi) is 5.56. The van der Waals surface area contributed by atoms with Gasteiger partial charge in [0.1, 0.15) is 5.75 Å². The van der Waals surface area contributed by atoms with Crippen LogP contribution in [0.25, 0.3) is 0 Å². The van der Waals surface area contributed by atoms with E-state index >= 15 is 0 Å². The number of rotatable bonds is 6. The SMILES string of the molecule is CCOc1cccc(C(Cc2cncc(Br)c2)NC)c1. The highest BCUT2D eigenvalue weighted by Gasteiger charge is 2.11. The van der Waals surface area contributed by atoms with E-state index in [2.05, 4.69) is 44.4 Å². The molecule has 0 aliphatic carbocycles. The third-order valence-electron chi connectivity index (χ3n) is 3.12. The van der Waals surface area contributed by atoms with Gasteiger partial charge in [0.05, 0.1) is 6.61 Å². The molecule has 0 spiro atoms. The molecular weight excluding hydrogens is 316 g/mol. The standard InChI is InChI=1S/C16H19BrN2O/c1-3-20-15-6-4-5-13(9-15)16(18-2)8-12-7-14(17)11-19-10-12/h4-7,9-11,16,18H,3,8H2,1-2H3. The lowest BCUT2D eigenvalue weighted by molar-refractivity contribution is 0.339. The Morgan fingerprint density at radius 2 is 2.15 bits per heavy atom. The third kappa shape index (κ3) is 4.05. The molecule has 1 unspecified atom stereocenters. The fourth-order valence-corrected chi connectivity index (χ4v) is 2.59. The predicted molar refractivity (Wildman–Crippen MR) is 85.1 cm³/mol. The number of benzene rings is 1. The summed E-state index contributed by atoms with van der Waals surface area (Å²) in [7, 11) is 1.98. The molecule has 4 heteroatoms. The monoisotopic (exact) mass is 334 g/mol. The highest BCUT2D eigenvalue weighted by molar-refractivity contribution is 9.10. The maximum atomic E-state index is 5.56. The summed E-state index contributed by atoms with van der Waals surface area (Å²) >= 11 is 3.46. The van der Waals surface area contributed by atoms with E-state index in [0.717, 1.165) is 16.6 Å². The topological polar surface area (TPSA) is 34.1 Å². The number of nitrogens with zero attached hydrogens (tertiary/aromatic N) is 1. The van der Waals surface area contributed by atoms with Crippen molar-refractivity contribution in [2.45, 2.75) is 19.4 Å². The van der Waals surface area contributed by atoms with Crippen molar-refractivity contribution in [1.82, 2.24) is 10.3 Å². The summed E-state index contributed by atoms with van der Waals surface area (Å²) in [6.07, 6.45) is 4.59. The minimum absolute atomic E-state index is 0.242. The Morgan fingerprint density at radius 1 is 1.30 bits per heavy atom. The summed E-state index contributed by atoms with van der Waals surface area (Å²) in [5.41, 5.74) is 2.42. The second-order valence-corrected chi connectivity index (χ2v) is 5.48. The van der Waals surface area contributed by atoms with Gasteiger partial charge in [0.15, 0.2) is 0 Å². The number of pyridine rings is 1. The fourth-order valence-electron chi connectivity index (χ4n) is 2.18. The number of hydrogen-bond donors (Lipinski definition) is 1. The highest BCUT2D eigenvalue weighted by atomic mass is 79.9. The Labute approximate surface area is 128 Å². The van der Waals surface area contributed by atoms with Gasteiger partial charge in [-0.05, 0) is 65.6 Å². The maximum Gasteiger partial charge on any atom is 0.119 e. The van der Waals surface area contributed by atoms with Gasteiger partial charge in [-0.3, -0.25) is 4.98 Å². The molecule has 106 valence electrons.